The molecule has 0 aliphatic carbocycles. The van der Waals surface area contributed by atoms with Crippen LogP contribution in [0, 0.1) is 13.8 Å². The quantitative estimate of drug-likeness (QED) is 0.599. The summed E-state index contributed by atoms with van der Waals surface area (Å²) in [6.07, 6.45) is 3.70. The summed E-state index contributed by atoms with van der Waals surface area (Å²) in [6, 6.07) is 13.7. The van der Waals surface area contributed by atoms with E-state index in [2.05, 4.69) is 15.3 Å². The average Bonchev–Trinajstić information content (AvgIpc) is 3.17. The molecule has 0 saturated carbocycles. The number of anilines is 1. The highest BCUT2D eigenvalue weighted by molar-refractivity contribution is 7.19. The fraction of sp³-hybridized carbons (Fsp3) is 0.105. The van der Waals surface area contributed by atoms with Crippen LogP contribution in [0.2, 0.25) is 0 Å². The first-order chi connectivity index (χ1) is 12.1. The van der Waals surface area contributed by atoms with Crippen LogP contribution in [0.3, 0.4) is 0 Å². The van der Waals surface area contributed by atoms with Crippen LogP contribution >= 0.6 is 11.3 Å². The molecule has 0 unspecified atom stereocenters. The topological polar surface area (TPSA) is 59.3 Å². The molecule has 4 aromatic rings. The van der Waals surface area contributed by atoms with Gasteiger partial charge in [0.05, 0.1) is 5.69 Å². The van der Waals surface area contributed by atoms with Crippen molar-refractivity contribution < 1.29 is 4.79 Å². The Labute approximate surface area is 149 Å². The third-order valence-corrected chi connectivity index (χ3v) is 5.14. The summed E-state index contributed by atoms with van der Waals surface area (Å²) in [5.41, 5.74) is 3.89. The Balaban J connectivity index is 1.64. The summed E-state index contributed by atoms with van der Waals surface area (Å²) < 4.78 is 1.96. The van der Waals surface area contributed by atoms with Gasteiger partial charge in [-0.3, -0.25) is 9.20 Å². The summed E-state index contributed by atoms with van der Waals surface area (Å²) in [5.74, 6) is 0.386. The number of hydrogen-bond donors (Lipinski definition) is 1. The molecule has 3 aromatic heterocycles. The van der Waals surface area contributed by atoms with Crippen LogP contribution in [-0.4, -0.2) is 20.3 Å². The Morgan fingerprint density at radius 3 is 2.60 bits per heavy atom. The number of imidazole rings is 1. The highest BCUT2D eigenvalue weighted by atomic mass is 32.1. The number of fused-ring (bicyclic) bond motifs is 1. The SMILES string of the molecule is Cc1ccc(NC(=O)c2sc3nc(-c4ccccc4)cn3c2C)nc1. The molecule has 1 aromatic carbocycles. The Morgan fingerprint density at radius 2 is 1.92 bits per heavy atom. The number of amides is 1. The van der Waals surface area contributed by atoms with Gasteiger partial charge in [0.15, 0.2) is 4.96 Å². The summed E-state index contributed by atoms with van der Waals surface area (Å²) in [7, 11) is 0. The van der Waals surface area contributed by atoms with Gasteiger partial charge in [0.2, 0.25) is 0 Å². The minimum absolute atomic E-state index is 0.161. The number of carbonyl (C=O) groups is 1. The highest BCUT2D eigenvalue weighted by Crippen LogP contribution is 2.27. The van der Waals surface area contributed by atoms with Crippen molar-refractivity contribution >= 4 is 28.0 Å². The number of benzene rings is 1. The maximum atomic E-state index is 12.6. The smallest absolute Gasteiger partial charge is 0.268 e. The Hall–Kier alpha value is -2.99. The first kappa shape index (κ1) is 15.5. The molecule has 0 atom stereocenters. The first-order valence-corrected chi connectivity index (χ1v) is 8.71. The number of carbonyl (C=O) groups excluding carboxylic acids is 1. The van der Waals surface area contributed by atoms with Gasteiger partial charge in [0.25, 0.3) is 5.91 Å². The van der Waals surface area contributed by atoms with E-state index in [1.165, 1.54) is 11.3 Å². The molecule has 0 spiro atoms. The van der Waals surface area contributed by atoms with Gasteiger partial charge in [-0.05, 0) is 25.5 Å². The van der Waals surface area contributed by atoms with Crippen LogP contribution in [0.4, 0.5) is 5.82 Å². The molecule has 0 fully saturated rings. The molecule has 0 saturated heterocycles. The number of hydrogen-bond acceptors (Lipinski definition) is 4. The Kier molecular flexibility index (Phi) is 3.82. The van der Waals surface area contributed by atoms with E-state index in [9.17, 15) is 4.79 Å². The highest BCUT2D eigenvalue weighted by Gasteiger charge is 2.18. The van der Waals surface area contributed by atoms with Crippen molar-refractivity contribution in [3.8, 4) is 11.3 Å². The predicted octanol–water partition coefficient (Wildman–Crippen LogP) is 4.33. The van der Waals surface area contributed by atoms with Crippen LogP contribution < -0.4 is 5.32 Å². The van der Waals surface area contributed by atoms with Crippen molar-refractivity contribution in [1.82, 2.24) is 14.4 Å². The lowest BCUT2D eigenvalue weighted by atomic mass is 10.2. The van der Waals surface area contributed by atoms with Gasteiger partial charge in [-0.2, -0.15) is 0 Å². The molecular weight excluding hydrogens is 332 g/mol. The van der Waals surface area contributed by atoms with E-state index in [-0.39, 0.29) is 5.91 Å². The summed E-state index contributed by atoms with van der Waals surface area (Å²) in [5, 5.41) is 2.84. The normalized spacial score (nSPS) is 11.0. The van der Waals surface area contributed by atoms with Crippen molar-refractivity contribution in [3.63, 3.8) is 0 Å². The van der Waals surface area contributed by atoms with Gasteiger partial charge in [0, 0.05) is 23.7 Å². The van der Waals surface area contributed by atoms with Crippen molar-refractivity contribution in [2.45, 2.75) is 13.8 Å². The average molecular weight is 348 g/mol. The van der Waals surface area contributed by atoms with E-state index in [0.717, 1.165) is 27.5 Å². The molecule has 0 radical (unpaired) electrons. The second-order valence-electron chi connectivity index (χ2n) is 5.84. The number of aryl methyl sites for hydroxylation is 2. The maximum Gasteiger partial charge on any atom is 0.268 e. The van der Waals surface area contributed by atoms with Gasteiger partial charge in [-0.1, -0.05) is 47.7 Å². The summed E-state index contributed by atoms with van der Waals surface area (Å²) in [4.78, 5) is 22.9. The van der Waals surface area contributed by atoms with Gasteiger partial charge in [0.1, 0.15) is 10.7 Å². The molecule has 0 aliphatic heterocycles. The van der Waals surface area contributed by atoms with Crippen LogP contribution in [0.25, 0.3) is 16.2 Å². The minimum Gasteiger partial charge on any atom is -0.306 e. The van der Waals surface area contributed by atoms with Crippen LogP contribution in [0.1, 0.15) is 20.9 Å². The monoisotopic (exact) mass is 348 g/mol. The molecule has 3 heterocycles. The number of nitrogens with one attached hydrogen (secondary N) is 1. The van der Waals surface area contributed by atoms with E-state index in [4.69, 9.17) is 0 Å². The van der Waals surface area contributed by atoms with E-state index in [1.54, 1.807) is 12.3 Å². The molecule has 1 N–H and O–H groups in total. The van der Waals surface area contributed by atoms with Gasteiger partial charge >= 0.3 is 0 Å². The lowest BCUT2D eigenvalue weighted by Crippen LogP contribution is -2.12. The number of pyridine rings is 1. The van der Waals surface area contributed by atoms with Crippen molar-refractivity contribution in [1.29, 1.82) is 0 Å². The Morgan fingerprint density at radius 1 is 1.12 bits per heavy atom. The molecular formula is C19H16N4OS. The summed E-state index contributed by atoms with van der Waals surface area (Å²) in [6.45, 7) is 3.89. The van der Waals surface area contributed by atoms with Crippen molar-refractivity contribution in [2.75, 3.05) is 5.32 Å². The zero-order valence-corrected chi connectivity index (χ0v) is 14.7. The molecule has 1 amide bonds. The standard InChI is InChI=1S/C19H16N4OS/c1-12-8-9-16(20-10-12)22-18(24)17-13(2)23-11-15(21-19(23)25-17)14-6-4-3-5-7-14/h3-11H,1-2H3,(H,20,22,24). The lowest BCUT2D eigenvalue weighted by molar-refractivity contribution is 0.102. The largest absolute Gasteiger partial charge is 0.306 e. The van der Waals surface area contributed by atoms with E-state index in [0.29, 0.717) is 10.7 Å². The van der Waals surface area contributed by atoms with Crippen LogP contribution in [0.15, 0.2) is 54.9 Å². The van der Waals surface area contributed by atoms with E-state index < -0.39 is 0 Å². The molecule has 0 aliphatic rings. The zero-order chi connectivity index (χ0) is 17.4. The minimum atomic E-state index is -0.161. The lowest BCUT2D eigenvalue weighted by Gasteiger charge is -2.03. The first-order valence-electron chi connectivity index (χ1n) is 7.90. The van der Waals surface area contributed by atoms with Gasteiger partial charge < -0.3 is 5.32 Å². The fourth-order valence-corrected chi connectivity index (χ4v) is 3.63. The molecule has 124 valence electrons. The van der Waals surface area contributed by atoms with E-state index in [1.807, 2.05) is 60.8 Å². The summed E-state index contributed by atoms with van der Waals surface area (Å²) >= 11 is 1.38. The molecule has 6 heteroatoms. The van der Waals surface area contributed by atoms with Gasteiger partial charge in [-0.25, -0.2) is 9.97 Å². The molecule has 4 rings (SSSR count). The number of nitrogens with zero attached hydrogens (tertiary/aromatic N) is 3. The van der Waals surface area contributed by atoms with Crippen molar-refractivity contribution in [2.24, 2.45) is 0 Å². The number of rotatable bonds is 3. The molecule has 0 bridgehead atoms. The predicted molar refractivity (Wildman–Crippen MR) is 100 cm³/mol. The number of aromatic nitrogens is 3. The number of thiazole rings is 1. The second kappa shape index (κ2) is 6.14. The zero-order valence-electron chi connectivity index (χ0n) is 13.9. The third kappa shape index (κ3) is 2.92. The van der Waals surface area contributed by atoms with Gasteiger partial charge in [-0.15, -0.1) is 0 Å². The Bertz CT molecular complexity index is 1050. The van der Waals surface area contributed by atoms with E-state index >= 15 is 0 Å². The van der Waals surface area contributed by atoms with Crippen LogP contribution in [0.5, 0.6) is 0 Å². The molecule has 25 heavy (non-hydrogen) atoms. The van der Waals surface area contributed by atoms with Crippen molar-refractivity contribution in [3.05, 3.63) is 71.0 Å². The maximum absolute atomic E-state index is 12.6. The second-order valence-corrected chi connectivity index (χ2v) is 6.81. The fourth-order valence-electron chi connectivity index (χ4n) is 2.62. The van der Waals surface area contributed by atoms with Crippen LogP contribution in [-0.2, 0) is 0 Å². The third-order valence-electron chi connectivity index (χ3n) is 3.99. The molecule has 5 nitrogen and oxygen atoms in total.